The largest absolute Gasteiger partial charge is 0.504 e. The molecule has 8 heterocycles. The van der Waals surface area contributed by atoms with Gasteiger partial charge >= 0.3 is 5.97 Å². The van der Waals surface area contributed by atoms with Crippen LogP contribution in [0.5, 0.6) is 23.0 Å². The predicted octanol–water partition coefficient (Wildman–Crippen LogP) is 4.50. The minimum atomic E-state index is -1.42. The van der Waals surface area contributed by atoms with Crippen LogP contribution in [0.3, 0.4) is 0 Å². The molecule has 3 aromatic carbocycles. The molecule has 0 unspecified atom stereocenters. The number of aromatic hydroxyl groups is 1. The average molecular weight is 756 g/mol. The number of nitrogens with zero attached hydrogens (tertiary/aromatic N) is 2. The zero-order valence-corrected chi connectivity index (χ0v) is 32.0. The molecule has 4 bridgehead atoms. The molecule has 13 heteroatoms. The first-order valence-corrected chi connectivity index (χ1v) is 19.7. The van der Waals surface area contributed by atoms with Gasteiger partial charge in [0.05, 0.1) is 31.8 Å². The molecule has 2 fully saturated rings. The number of piperazine rings is 1. The van der Waals surface area contributed by atoms with Gasteiger partial charge in [-0.05, 0) is 87.5 Å². The predicted molar refractivity (Wildman–Crippen MR) is 200 cm³/mol. The number of carbonyl (C=O) groups is 1. The van der Waals surface area contributed by atoms with Crippen LogP contribution in [0.15, 0.2) is 28.7 Å². The fourth-order valence-corrected chi connectivity index (χ4v) is 12.4. The summed E-state index contributed by atoms with van der Waals surface area (Å²) in [6.45, 7) is 7.92. The Kier molecular flexibility index (Phi) is 7.67. The smallest absolute Gasteiger partial charge is 0.335 e. The third-order valence-corrected chi connectivity index (χ3v) is 14.6. The topological polar surface area (TPSA) is 146 Å². The van der Waals surface area contributed by atoms with Crippen molar-refractivity contribution in [1.29, 1.82) is 0 Å². The Balaban J connectivity index is 1.22. The fraction of sp³-hybridized carbons (Fsp3) is 0.488. The molecule has 4 aromatic rings. The SMILES string of the molecule is COc1c(C)cc2c(c1O)[C@@H]1[C@@H]3[C@@H]4SC[C@]5(N[C@H](CO)Cc6c5oc5ccc(C)cc65)C(=O)OC[C@@H](c5c6c(c(C)c(C)c54)OCO6)N3[C@@H](O)[C@H](C2)N1C. The third-order valence-electron chi connectivity index (χ3n) is 13.2. The summed E-state index contributed by atoms with van der Waals surface area (Å²) in [5, 5.41) is 39.3. The van der Waals surface area contributed by atoms with Gasteiger partial charge in [-0.15, -0.1) is 11.8 Å². The number of nitrogens with one attached hydrogen (secondary N) is 1. The van der Waals surface area contributed by atoms with Crippen molar-refractivity contribution in [2.24, 2.45) is 0 Å². The number of rotatable bonds is 2. The van der Waals surface area contributed by atoms with Crippen LogP contribution >= 0.6 is 11.8 Å². The molecule has 0 radical (unpaired) electrons. The molecule has 1 spiro atoms. The number of likely N-dealkylation sites (N-methyl/N-ethyl adjacent to an activating group) is 1. The first kappa shape index (κ1) is 34.5. The van der Waals surface area contributed by atoms with Gasteiger partial charge in [-0.1, -0.05) is 17.7 Å². The first-order valence-electron chi connectivity index (χ1n) is 18.7. The van der Waals surface area contributed by atoms with Crippen LogP contribution in [0.25, 0.3) is 11.0 Å². The lowest BCUT2D eigenvalue weighted by atomic mass is 9.72. The number of aliphatic hydroxyl groups excluding tert-OH is 2. The second-order valence-corrected chi connectivity index (χ2v) is 17.0. The van der Waals surface area contributed by atoms with Crippen molar-refractivity contribution >= 4 is 28.7 Å². The zero-order valence-electron chi connectivity index (χ0n) is 31.2. The van der Waals surface area contributed by atoms with Crippen LogP contribution in [0, 0.1) is 27.7 Å². The van der Waals surface area contributed by atoms with E-state index in [9.17, 15) is 20.1 Å². The minimum Gasteiger partial charge on any atom is -0.504 e. The second kappa shape index (κ2) is 12.0. The van der Waals surface area contributed by atoms with E-state index in [4.69, 9.17) is 23.4 Å². The highest BCUT2D eigenvalue weighted by atomic mass is 32.2. The molecule has 1 aromatic heterocycles. The van der Waals surface area contributed by atoms with Crippen LogP contribution in [-0.2, 0) is 27.9 Å². The number of ether oxygens (including phenoxy) is 4. The minimum absolute atomic E-state index is 0.0701. The number of aliphatic hydroxyl groups is 2. The van der Waals surface area contributed by atoms with Crippen molar-refractivity contribution in [1.82, 2.24) is 15.1 Å². The normalized spacial score (nSPS) is 31.2. The van der Waals surface area contributed by atoms with Crippen molar-refractivity contribution < 1.29 is 43.5 Å². The summed E-state index contributed by atoms with van der Waals surface area (Å²) >= 11 is 1.60. The van der Waals surface area contributed by atoms with Gasteiger partial charge in [-0.3, -0.25) is 15.1 Å². The lowest BCUT2D eigenvalue weighted by Crippen LogP contribution is -2.70. The molecule has 284 valence electrons. The maximum atomic E-state index is 14.9. The van der Waals surface area contributed by atoms with E-state index in [0.717, 1.165) is 55.5 Å². The monoisotopic (exact) mass is 755 g/mol. The maximum absolute atomic E-state index is 14.9. The number of thioether (sulfide) groups is 1. The van der Waals surface area contributed by atoms with E-state index in [1.807, 2.05) is 40.0 Å². The molecule has 8 atom stereocenters. The molecule has 11 rings (SSSR count). The van der Waals surface area contributed by atoms with Crippen molar-refractivity contribution in [2.75, 3.05) is 39.9 Å². The van der Waals surface area contributed by atoms with Crippen molar-refractivity contribution in [3.63, 3.8) is 0 Å². The Hall–Kier alpha value is -3.98. The number of phenols is 1. The number of methoxy groups -OCH3 is 1. The van der Waals surface area contributed by atoms with Crippen LogP contribution in [-0.4, -0.2) is 95.4 Å². The second-order valence-electron chi connectivity index (χ2n) is 15.9. The van der Waals surface area contributed by atoms with E-state index in [0.29, 0.717) is 41.4 Å². The van der Waals surface area contributed by atoms with E-state index >= 15 is 0 Å². The number of benzene rings is 3. The van der Waals surface area contributed by atoms with Gasteiger partial charge in [-0.25, -0.2) is 4.79 Å². The third kappa shape index (κ3) is 4.42. The van der Waals surface area contributed by atoms with E-state index in [1.54, 1.807) is 18.9 Å². The molecule has 2 saturated heterocycles. The number of aryl methyl sites for hydroxylation is 2. The van der Waals surface area contributed by atoms with Crippen LogP contribution in [0.4, 0.5) is 0 Å². The quantitative estimate of drug-likeness (QED) is 0.213. The molecular formula is C41H45N3O9S. The number of hydrogen-bond donors (Lipinski definition) is 4. The van der Waals surface area contributed by atoms with E-state index < -0.39 is 35.9 Å². The number of fused-ring (bicyclic) bond motifs is 11. The maximum Gasteiger partial charge on any atom is 0.335 e. The van der Waals surface area contributed by atoms with Crippen molar-refractivity contribution in [3.05, 3.63) is 80.1 Å². The number of esters is 1. The Morgan fingerprint density at radius 3 is 2.61 bits per heavy atom. The highest BCUT2D eigenvalue weighted by Crippen LogP contribution is 2.63. The Morgan fingerprint density at radius 1 is 1.04 bits per heavy atom. The lowest BCUT2D eigenvalue weighted by molar-refractivity contribution is -0.186. The number of furan rings is 1. The average Bonchev–Trinajstić information content (AvgIpc) is 3.79. The van der Waals surface area contributed by atoms with Crippen LogP contribution in [0.2, 0.25) is 0 Å². The number of carbonyl (C=O) groups excluding carboxylic acids is 1. The summed E-state index contributed by atoms with van der Waals surface area (Å²) < 4.78 is 31.2. The molecule has 12 nitrogen and oxygen atoms in total. The summed E-state index contributed by atoms with van der Waals surface area (Å²) in [7, 11) is 3.60. The van der Waals surface area contributed by atoms with Gasteiger partial charge < -0.3 is 38.7 Å². The molecule has 0 saturated carbocycles. The van der Waals surface area contributed by atoms with Gasteiger partial charge in [0.1, 0.15) is 24.2 Å². The van der Waals surface area contributed by atoms with Gasteiger partial charge in [0, 0.05) is 45.2 Å². The Bertz CT molecular complexity index is 2270. The van der Waals surface area contributed by atoms with Gasteiger partial charge in [-0.2, -0.15) is 0 Å². The van der Waals surface area contributed by atoms with E-state index in [2.05, 4.69) is 34.2 Å². The van der Waals surface area contributed by atoms with Crippen LogP contribution < -0.4 is 19.5 Å². The number of phenolic OH excluding ortho intramolecular Hbond substituents is 1. The molecule has 7 aliphatic rings. The first-order chi connectivity index (χ1) is 26.0. The molecule has 54 heavy (non-hydrogen) atoms. The molecular weight excluding hydrogens is 711 g/mol. The highest BCUT2D eigenvalue weighted by Gasteiger charge is 2.61. The summed E-state index contributed by atoms with van der Waals surface area (Å²) in [5.41, 5.74) is 7.77. The van der Waals surface area contributed by atoms with Gasteiger partial charge in [0.2, 0.25) is 6.79 Å². The standard InChI is InChI=1S/C41H45N3O9S/c1-17-7-8-27-23(9-17)24-12-22(13-45)42-41(38(24)53-27)15-54-37-28-19(3)20(4)35-36(52-16-51-35)30(28)26(14-50-40(41)48)44-32(37)31-29-21(11-25(39(44)47)43(31)5)10-18(2)34(49-6)33(29)46/h7-10,22,25-26,31-32,37,39,42,45-47H,11-16H2,1-6H3/t22-,25-,26-,31+,32+,37+,39-,41+/m0/s1. The van der Waals surface area contributed by atoms with Gasteiger partial charge in [0.15, 0.2) is 28.5 Å². The molecule has 0 amide bonds. The van der Waals surface area contributed by atoms with Crippen molar-refractivity contribution in [3.8, 4) is 23.0 Å². The fourth-order valence-electron chi connectivity index (χ4n) is 10.6. The Labute approximate surface area is 317 Å². The van der Waals surface area contributed by atoms with Crippen molar-refractivity contribution in [2.45, 2.75) is 87.8 Å². The van der Waals surface area contributed by atoms with Gasteiger partial charge in [0.25, 0.3) is 0 Å². The molecule has 7 aliphatic heterocycles. The highest BCUT2D eigenvalue weighted by molar-refractivity contribution is 7.99. The van der Waals surface area contributed by atoms with E-state index in [1.165, 1.54) is 0 Å². The molecule has 0 aliphatic carbocycles. The summed E-state index contributed by atoms with van der Waals surface area (Å²) in [6, 6.07) is 5.98. The summed E-state index contributed by atoms with van der Waals surface area (Å²) in [6.07, 6.45) is 0.0579. The van der Waals surface area contributed by atoms with E-state index in [-0.39, 0.29) is 48.8 Å². The number of hydrogen-bond acceptors (Lipinski definition) is 13. The summed E-state index contributed by atoms with van der Waals surface area (Å²) in [5.74, 6) is 2.06. The lowest BCUT2D eigenvalue weighted by Gasteiger charge is -2.62. The zero-order chi connectivity index (χ0) is 37.5. The van der Waals surface area contributed by atoms with Crippen LogP contribution in [0.1, 0.15) is 73.2 Å². The Morgan fingerprint density at radius 2 is 1.83 bits per heavy atom. The summed E-state index contributed by atoms with van der Waals surface area (Å²) in [4.78, 5) is 19.2. The molecule has 4 N–H and O–H groups in total.